The highest BCUT2D eigenvalue weighted by atomic mass is 79.9. The van der Waals surface area contributed by atoms with E-state index in [9.17, 15) is 20.0 Å². The van der Waals surface area contributed by atoms with Gasteiger partial charge >= 0.3 is 0 Å². The van der Waals surface area contributed by atoms with Gasteiger partial charge in [-0.15, -0.1) is 0 Å². The Morgan fingerprint density at radius 2 is 2.04 bits per heavy atom. The smallest absolute Gasteiger partial charge is 0.275 e. The average molecular weight is 443 g/mol. The van der Waals surface area contributed by atoms with Crippen LogP contribution >= 0.6 is 31.9 Å². The van der Waals surface area contributed by atoms with Crippen LogP contribution in [-0.4, -0.2) is 22.2 Å². The zero-order chi connectivity index (χ0) is 17.0. The Balaban J connectivity index is 2.13. The van der Waals surface area contributed by atoms with Crippen molar-refractivity contribution < 1.29 is 14.8 Å². The van der Waals surface area contributed by atoms with Gasteiger partial charge in [-0.05, 0) is 28.1 Å². The van der Waals surface area contributed by atoms with Crippen molar-refractivity contribution in [3.63, 3.8) is 0 Å². The fourth-order valence-electron chi connectivity index (χ4n) is 1.68. The van der Waals surface area contributed by atoms with Crippen LogP contribution in [0, 0.1) is 10.1 Å². The van der Waals surface area contributed by atoms with Crippen molar-refractivity contribution in [2.75, 3.05) is 0 Å². The van der Waals surface area contributed by atoms with E-state index in [4.69, 9.17) is 0 Å². The van der Waals surface area contributed by atoms with Crippen molar-refractivity contribution in [2.45, 2.75) is 0 Å². The van der Waals surface area contributed by atoms with Crippen LogP contribution in [0.15, 0.2) is 50.4 Å². The van der Waals surface area contributed by atoms with Gasteiger partial charge in [-0.3, -0.25) is 14.9 Å². The maximum absolute atomic E-state index is 12.0. The number of hydrazone groups is 1. The van der Waals surface area contributed by atoms with E-state index in [1.807, 2.05) is 0 Å². The highest BCUT2D eigenvalue weighted by Crippen LogP contribution is 2.31. The summed E-state index contributed by atoms with van der Waals surface area (Å²) >= 11 is 6.35. The number of aromatic hydroxyl groups is 1. The van der Waals surface area contributed by atoms with Crippen molar-refractivity contribution >= 4 is 49.7 Å². The molecule has 1 amide bonds. The number of carbonyl (C=O) groups excluding carboxylic acids is 1. The molecule has 2 aromatic carbocycles. The zero-order valence-electron chi connectivity index (χ0n) is 11.4. The number of phenolic OH excluding ortho intramolecular Hbond substituents is 1. The van der Waals surface area contributed by atoms with E-state index in [0.29, 0.717) is 14.5 Å². The predicted octanol–water partition coefficient (Wildman–Crippen LogP) is 3.59. The lowest BCUT2D eigenvalue weighted by Crippen LogP contribution is -2.17. The van der Waals surface area contributed by atoms with Crippen LogP contribution in [0.1, 0.15) is 15.9 Å². The lowest BCUT2D eigenvalue weighted by atomic mass is 10.2. The van der Waals surface area contributed by atoms with Gasteiger partial charge in [0, 0.05) is 22.2 Å². The number of benzene rings is 2. The molecule has 0 unspecified atom stereocenters. The van der Waals surface area contributed by atoms with E-state index in [-0.39, 0.29) is 17.0 Å². The third kappa shape index (κ3) is 4.36. The predicted molar refractivity (Wildman–Crippen MR) is 91.7 cm³/mol. The van der Waals surface area contributed by atoms with Crippen molar-refractivity contribution in [3.05, 3.63) is 66.6 Å². The molecule has 7 nitrogen and oxygen atoms in total. The molecule has 0 aliphatic rings. The Bertz CT molecular complexity index is 809. The topological polar surface area (TPSA) is 105 Å². The van der Waals surface area contributed by atoms with Crippen LogP contribution in [0.5, 0.6) is 5.75 Å². The molecular formula is C14H9Br2N3O4. The number of amides is 1. The Kier molecular flexibility index (Phi) is 5.45. The number of phenols is 1. The maximum Gasteiger partial charge on any atom is 0.275 e. The van der Waals surface area contributed by atoms with E-state index in [2.05, 4.69) is 42.4 Å². The van der Waals surface area contributed by atoms with E-state index < -0.39 is 10.8 Å². The number of halogens is 2. The maximum atomic E-state index is 12.0. The van der Waals surface area contributed by atoms with Crippen LogP contribution in [0.3, 0.4) is 0 Å². The molecular weight excluding hydrogens is 434 g/mol. The molecule has 0 saturated carbocycles. The number of hydrogen-bond donors (Lipinski definition) is 2. The monoisotopic (exact) mass is 441 g/mol. The molecule has 9 heteroatoms. The number of nitro groups is 1. The van der Waals surface area contributed by atoms with Crippen molar-refractivity contribution in [3.8, 4) is 5.75 Å². The SMILES string of the molecule is O=C(N/N=C\c1cccc([N+](=O)[O-])c1)c1cc(Br)cc(Br)c1O. The summed E-state index contributed by atoms with van der Waals surface area (Å²) in [5.74, 6) is -0.831. The quantitative estimate of drug-likeness (QED) is 0.428. The van der Waals surface area contributed by atoms with Crippen LogP contribution in [0.4, 0.5) is 5.69 Å². The molecule has 2 rings (SSSR count). The van der Waals surface area contributed by atoms with Crippen molar-refractivity contribution in [2.24, 2.45) is 5.10 Å². The lowest BCUT2D eigenvalue weighted by Gasteiger charge is -2.05. The Labute approximate surface area is 147 Å². The molecule has 0 aliphatic carbocycles. The summed E-state index contributed by atoms with van der Waals surface area (Å²) in [6.45, 7) is 0. The number of carbonyl (C=O) groups is 1. The molecule has 0 aliphatic heterocycles. The van der Waals surface area contributed by atoms with Crippen molar-refractivity contribution in [1.82, 2.24) is 5.43 Å². The van der Waals surface area contributed by atoms with Crippen LogP contribution < -0.4 is 5.43 Å². The van der Waals surface area contributed by atoms with Gasteiger partial charge < -0.3 is 5.11 Å². The second-order valence-electron chi connectivity index (χ2n) is 4.34. The Morgan fingerprint density at radius 3 is 2.74 bits per heavy atom. The zero-order valence-corrected chi connectivity index (χ0v) is 14.5. The molecule has 0 saturated heterocycles. The molecule has 0 radical (unpaired) electrons. The van der Waals surface area contributed by atoms with Crippen LogP contribution in [0.2, 0.25) is 0 Å². The largest absolute Gasteiger partial charge is 0.506 e. The minimum absolute atomic E-state index is 0.0300. The van der Waals surface area contributed by atoms with E-state index in [1.54, 1.807) is 12.1 Å². The minimum atomic E-state index is -0.619. The van der Waals surface area contributed by atoms with Gasteiger partial charge in [0.05, 0.1) is 21.2 Å². The summed E-state index contributed by atoms with van der Waals surface area (Å²) in [6, 6.07) is 8.83. The molecule has 0 atom stereocenters. The molecule has 0 fully saturated rings. The molecule has 0 bridgehead atoms. The number of non-ortho nitro benzene ring substituents is 1. The normalized spacial score (nSPS) is 10.7. The first-order valence-electron chi connectivity index (χ1n) is 6.14. The second-order valence-corrected chi connectivity index (χ2v) is 6.11. The molecule has 0 spiro atoms. The summed E-state index contributed by atoms with van der Waals surface area (Å²) in [4.78, 5) is 22.2. The van der Waals surface area contributed by atoms with Gasteiger partial charge in [-0.25, -0.2) is 5.43 Å². The van der Waals surface area contributed by atoms with E-state index in [0.717, 1.165) is 0 Å². The molecule has 0 heterocycles. The molecule has 118 valence electrons. The van der Waals surface area contributed by atoms with Crippen molar-refractivity contribution in [1.29, 1.82) is 0 Å². The highest BCUT2D eigenvalue weighted by molar-refractivity contribution is 9.11. The Morgan fingerprint density at radius 1 is 1.30 bits per heavy atom. The van der Waals surface area contributed by atoms with Gasteiger partial charge in [-0.2, -0.15) is 5.10 Å². The number of nitro benzene ring substituents is 1. The third-order valence-electron chi connectivity index (χ3n) is 2.73. The van der Waals surface area contributed by atoms with E-state index in [1.165, 1.54) is 30.5 Å². The first-order valence-corrected chi connectivity index (χ1v) is 7.73. The third-order valence-corrected chi connectivity index (χ3v) is 3.80. The fourth-order valence-corrected chi connectivity index (χ4v) is 2.91. The molecule has 0 aromatic heterocycles. The summed E-state index contributed by atoms with van der Waals surface area (Å²) in [5, 5.41) is 24.3. The molecule has 2 N–H and O–H groups in total. The van der Waals surface area contributed by atoms with Gasteiger partial charge in [0.2, 0.25) is 0 Å². The standard InChI is InChI=1S/C14H9Br2N3O4/c15-9-5-11(13(20)12(16)6-9)14(21)18-17-7-8-2-1-3-10(4-8)19(22)23/h1-7,20H,(H,18,21)/b17-7-. The number of rotatable bonds is 4. The average Bonchev–Trinajstić information content (AvgIpc) is 2.51. The summed E-state index contributed by atoms with van der Waals surface area (Å²) < 4.78 is 0.967. The lowest BCUT2D eigenvalue weighted by molar-refractivity contribution is -0.384. The minimum Gasteiger partial charge on any atom is -0.506 e. The fraction of sp³-hybridized carbons (Fsp3) is 0. The second kappa shape index (κ2) is 7.34. The van der Waals surface area contributed by atoms with Gasteiger partial charge in [0.25, 0.3) is 11.6 Å². The first-order chi connectivity index (χ1) is 10.9. The van der Waals surface area contributed by atoms with E-state index >= 15 is 0 Å². The number of hydrogen-bond acceptors (Lipinski definition) is 5. The van der Waals surface area contributed by atoms with Gasteiger partial charge in [0.1, 0.15) is 5.75 Å². The summed E-state index contributed by atoms with van der Waals surface area (Å²) in [5.41, 5.74) is 2.66. The summed E-state index contributed by atoms with van der Waals surface area (Å²) in [6.07, 6.45) is 1.27. The van der Waals surface area contributed by atoms with Gasteiger partial charge in [0.15, 0.2) is 0 Å². The Hall–Kier alpha value is -2.26. The van der Waals surface area contributed by atoms with Crippen LogP contribution in [0.25, 0.3) is 0 Å². The number of nitrogens with zero attached hydrogens (tertiary/aromatic N) is 2. The van der Waals surface area contributed by atoms with Crippen LogP contribution in [-0.2, 0) is 0 Å². The number of nitrogens with one attached hydrogen (secondary N) is 1. The highest BCUT2D eigenvalue weighted by Gasteiger charge is 2.14. The summed E-state index contributed by atoms with van der Waals surface area (Å²) in [7, 11) is 0. The molecule has 23 heavy (non-hydrogen) atoms. The van der Waals surface area contributed by atoms with Gasteiger partial charge in [-0.1, -0.05) is 28.1 Å². The molecule has 2 aromatic rings. The first kappa shape index (κ1) is 17.1.